The van der Waals surface area contributed by atoms with Gasteiger partial charge in [-0.15, -0.1) is 0 Å². The number of sulfonamides is 1. The normalized spacial score (nSPS) is 20.2. The predicted octanol–water partition coefficient (Wildman–Crippen LogP) is 4.00. The first-order valence-electron chi connectivity index (χ1n) is 9.94. The molecule has 0 saturated carbocycles. The molecule has 1 amide bonds. The summed E-state index contributed by atoms with van der Waals surface area (Å²) in [7, 11) is -3.64. The lowest BCUT2D eigenvalue weighted by atomic mass is 9.94. The molecule has 0 aliphatic carbocycles. The fourth-order valence-corrected chi connectivity index (χ4v) is 5.52. The van der Waals surface area contributed by atoms with Crippen LogP contribution in [0.5, 0.6) is 5.75 Å². The van der Waals surface area contributed by atoms with Gasteiger partial charge in [-0.1, -0.05) is 32.0 Å². The van der Waals surface area contributed by atoms with Crippen molar-refractivity contribution in [2.24, 2.45) is 11.8 Å². The lowest BCUT2D eigenvalue weighted by Gasteiger charge is -2.34. The van der Waals surface area contributed by atoms with E-state index in [-0.39, 0.29) is 16.4 Å². The highest BCUT2D eigenvalue weighted by Gasteiger charge is 2.32. The highest BCUT2D eigenvalue weighted by Crippen LogP contribution is 2.28. The monoisotopic (exact) mass is 416 g/mol. The second-order valence-corrected chi connectivity index (χ2v) is 9.62. The van der Waals surface area contributed by atoms with E-state index in [1.54, 1.807) is 36.4 Å². The van der Waals surface area contributed by atoms with Crippen molar-refractivity contribution in [2.75, 3.05) is 25.0 Å². The van der Waals surface area contributed by atoms with Gasteiger partial charge in [-0.25, -0.2) is 8.42 Å². The summed E-state index contributed by atoms with van der Waals surface area (Å²) in [5, 5.41) is 2.81. The van der Waals surface area contributed by atoms with Crippen LogP contribution >= 0.6 is 0 Å². The van der Waals surface area contributed by atoms with E-state index in [0.29, 0.717) is 43.0 Å². The van der Waals surface area contributed by atoms with Crippen LogP contribution in [0, 0.1) is 11.8 Å². The van der Waals surface area contributed by atoms with Crippen molar-refractivity contribution in [1.82, 2.24) is 4.31 Å². The molecule has 1 aliphatic rings. The van der Waals surface area contributed by atoms with E-state index in [0.717, 1.165) is 6.42 Å². The molecule has 2 aromatic rings. The molecule has 6 nitrogen and oxygen atoms in total. The molecule has 1 aliphatic heterocycles. The minimum absolute atomic E-state index is 0.143. The van der Waals surface area contributed by atoms with Gasteiger partial charge >= 0.3 is 0 Å². The van der Waals surface area contributed by atoms with E-state index in [1.165, 1.54) is 10.4 Å². The molecule has 2 aromatic carbocycles. The molecule has 1 fully saturated rings. The Morgan fingerprint density at radius 2 is 1.79 bits per heavy atom. The number of nitrogens with one attached hydrogen (secondary N) is 1. The Morgan fingerprint density at radius 3 is 2.48 bits per heavy atom. The maximum Gasteiger partial charge on any atom is 0.255 e. The molecule has 1 N–H and O–H groups in total. The first-order chi connectivity index (χ1) is 13.8. The second-order valence-electron chi connectivity index (χ2n) is 7.68. The van der Waals surface area contributed by atoms with Crippen molar-refractivity contribution in [3.05, 3.63) is 54.1 Å². The summed E-state index contributed by atoms with van der Waals surface area (Å²) in [4.78, 5) is 12.9. The van der Waals surface area contributed by atoms with E-state index in [4.69, 9.17) is 4.74 Å². The highest BCUT2D eigenvalue weighted by molar-refractivity contribution is 7.89. The van der Waals surface area contributed by atoms with Crippen LogP contribution in [-0.2, 0) is 10.0 Å². The lowest BCUT2D eigenvalue weighted by Crippen LogP contribution is -2.42. The number of benzene rings is 2. The fraction of sp³-hybridized carbons (Fsp3) is 0.409. The predicted molar refractivity (Wildman–Crippen MR) is 114 cm³/mol. The Bertz CT molecular complexity index is 964. The largest absolute Gasteiger partial charge is 0.492 e. The number of carbonyl (C=O) groups is 1. The topological polar surface area (TPSA) is 75.7 Å². The van der Waals surface area contributed by atoms with Crippen molar-refractivity contribution in [3.63, 3.8) is 0 Å². The fourth-order valence-electron chi connectivity index (χ4n) is 3.79. The average Bonchev–Trinajstić information content (AvgIpc) is 2.69. The van der Waals surface area contributed by atoms with E-state index in [2.05, 4.69) is 19.2 Å². The maximum absolute atomic E-state index is 13.1. The highest BCUT2D eigenvalue weighted by atomic mass is 32.2. The molecule has 1 heterocycles. The maximum atomic E-state index is 13.1. The number of ether oxygens (including phenoxy) is 1. The number of carbonyl (C=O) groups excluding carboxylic acids is 1. The quantitative estimate of drug-likeness (QED) is 0.772. The van der Waals surface area contributed by atoms with Crippen molar-refractivity contribution in [3.8, 4) is 5.75 Å². The summed E-state index contributed by atoms with van der Waals surface area (Å²) in [6, 6.07) is 13.4. The molecular weight excluding hydrogens is 388 g/mol. The van der Waals surface area contributed by atoms with Crippen LogP contribution in [-0.4, -0.2) is 38.3 Å². The second kappa shape index (κ2) is 8.97. The van der Waals surface area contributed by atoms with E-state index in [1.807, 2.05) is 13.0 Å². The lowest BCUT2D eigenvalue weighted by molar-refractivity contribution is 0.102. The smallest absolute Gasteiger partial charge is 0.255 e. The minimum Gasteiger partial charge on any atom is -0.492 e. The first kappa shape index (κ1) is 21.3. The number of nitrogens with zero attached hydrogens (tertiary/aromatic N) is 1. The summed E-state index contributed by atoms with van der Waals surface area (Å²) in [5.41, 5.74) is 0.835. The van der Waals surface area contributed by atoms with Crippen molar-refractivity contribution >= 4 is 21.6 Å². The van der Waals surface area contributed by atoms with Gasteiger partial charge in [-0.05, 0) is 55.5 Å². The number of hydrogen-bond donors (Lipinski definition) is 1. The Hall–Kier alpha value is -2.38. The van der Waals surface area contributed by atoms with E-state index in [9.17, 15) is 13.2 Å². The summed E-state index contributed by atoms with van der Waals surface area (Å²) < 4.78 is 33.3. The van der Waals surface area contributed by atoms with Crippen LogP contribution in [0.1, 0.15) is 37.6 Å². The van der Waals surface area contributed by atoms with E-state index < -0.39 is 10.0 Å². The van der Waals surface area contributed by atoms with Crippen LogP contribution in [0.2, 0.25) is 0 Å². The minimum atomic E-state index is -3.64. The molecular formula is C22H28N2O4S. The molecule has 156 valence electrons. The summed E-state index contributed by atoms with van der Waals surface area (Å²) in [6.45, 7) is 7.49. The SMILES string of the molecule is CCOc1ccccc1NC(=O)c1cccc(S(=O)(=O)N2CC(C)CC(C)C2)c1. The molecule has 29 heavy (non-hydrogen) atoms. The Labute approximate surface area is 172 Å². The summed E-state index contributed by atoms with van der Waals surface area (Å²) >= 11 is 0. The molecule has 0 radical (unpaired) electrons. The number of amides is 1. The van der Waals surface area contributed by atoms with Gasteiger partial charge < -0.3 is 10.1 Å². The van der Waals surface area contributed by atoms with Gasteiger partial charge in [0.1, 0.15) is 5.75 Å². The number of anilines is 1. The number of piperidine rings is 1. The zero-order valence-corrected chi connectivity index (χ0v) is 17.9. The van der Waals surface area contributed by atoms with Gasteiger partial charge in [0.05, 0.1) is 17.2 Å². The third-order valence-corrected chi connectivity index (χ3v) is 6.83. The molecule has 0 aromatic heterocycles. The van der Waals surface area contributed by atoms with Crippen molar-refractivity contribution in [1.29, 1.82) is 0 Å². The average molecular weight is 417 g/mol. The number of hydrogen-bond acceptors (Lipinski definition) is 4. The molecule has 0 bridgehead atoms. The molecule has 2 unspecified atom stereocenters. The molecule has 7 heteroatoms. The zero-order chi connectivity index (χ0) is 21.0. The summed E-state index contributed by atoms with van der Waals surface area (Å²) in [6.07, 6.45) is 1.02. The van der Waals surface area contributed by atoms with Gasteiger partial charge in [-0.2, -0.15) is 4.31 Å². The van der Waals surface area contributed by atoms with Gasteiger partial charge in [0, 0.05) is 18.7 Å². The summed E-state index contributed by atoms with van der Waals surface area (Å²) in [5.74, 6) is 0.822. The molecule has 3 rings (SSSR count). The van der Waals surface area contributed by atoms with Gasteiger partial charge in [0.2, 0.25) is 10.0 Å². The third kappa shape index (κ3) is 4.97. The Morgan fingerprint density at radius 1 is 1.10 bits per heavy atom. The molecule has 1 saturated heterocycles. The Kier molecular flexibility index (Phi) is 6.59. The third-order valence-electron chi connectivity index (χ3n) is 5.00. The van der Waals surface area contributed by atoms with Gasteiger partial charge in [0.15, 0.2) is 0 Å². The van der Waals surface area contributed by atoms with Crippen molar-refractivity contribution < 1.29 is 17.9 Å². The van der Waals surface area contributed by atoms with Crippen LogP contribution in [0.4, 0.5) is 5.69 Å². The van der Waals surface area contributed by atoms with Crippen LogP contribution in [0.15, 0.2) is 53.4 Å². The number of rotatable bonds is 6. The first-order valence-corrected chi connectivity index (χ1v) is 11.4. The number of para-hydroxylation sites is 2. The Balaban J connectivity index is 1.83. The zero-order valence-electron chi connectivity index (χ0n) is 17.1. The van der Waals surface area contributed by atoms with Crippen LogP contribution in [0.25, 0.3) is 0 Å². The van der Waals surface area contributed by atoms with Crippen molar-refractivity contribution in [2.45, 2.75) is 32.1 Å². The van der Waals surface area contributed by atoms with Crippen LogP contribution < -0.4 is 10.1 Å². The molecule has 2 atom stereocenters. The molecule has 0 spiro atoms. The van der Waals surface area contributed by atoms with Crippen LogP contribution in [0.3, 0.4) is 0 Å². The van der Waals surface area contributed by atoms with Gasteiger partial charge in [-0.3, -0.25) is 4.79 Å². The van der Waals surface area contributed by atoms with E-state index >= 15 is 0 Å². The van der Waals surface area contributed by atoms with Gasteiger partial charge in [0.25, 0.3) is 5.91 Å². The standard InChI is InChI=1S/C22H28N2O4S/c1-4-28-21-11-6-5-10-20(21)23-22(25)18-8-7-9-19(13-18)29(26,27)24-14-16(2)12-17(3)15-24/h5-11,13,16-17H,4,12,14-15H2,1-3H3,(H,23,25).